The molecule has 0 N–H and O–H groups in total. The van der Waals surface area contributed by atoms with Gasteiger partial charge in [-0.15, -0.1) is 11.8 Å². The number of thioether (sulfide) groups is 1. The molecule has 0 aliphatic carbocycles. The molecule has 166 valence electrons. The van der Waals surface area contributed by atoms with Gasteiger partial charge < -0.3 is 4.57 Å². The van der Waals surface area contributed by atoms with Crippen LogP contribution in [0.1, 0.15) is 43.1 Å². The molecular formula is C25H28N4OS2. The van der Waals surface area contributed by atoms with Crippen molar-refractivity contribution >= 4 is 44.4 Å². The monoisotopic (exact) mass is 464 g/mol. The van der Waals surface area contributed by atoms with Crippen LogP contribution in [0.2, 0.25) is 0 Å². The Morgan fingerprint density at radius 1 is 1.19 bits per heavy atom. The highest BCUT2D eigenvalue weighted by atomic mass is 32.2. The van der Waals surface area contributed by atoms with Crippen LogP contribution in [0, 0.1) is 0 Å². The van der Waals surface area contributed by atoms with Gasteiger partial charge in [0, 0.05) is 41.2 Å². The predicted molar refractivity (Wildman–Crippen MR) is 135 cm³/mol. The standard InChI is InChI=1S/C25H28N4OS2/c1-4-19-7-5-8-22-23(19)27-25(32-22)29(15-6-14-28-16-13-26-17-28)24(30)20-9-11-21(12-10-20)31-18(2)3/h5,7-13,16-18H,4,6,14-15H2,1-3H3. The number of amides is 1. The van der Waals surface area contributed by atoms with Crippen molar-refractivity contribution in [3.05, 3.63) is 72.3 Å². The summed E-state index contributed by atoms with van der Waals surface area (Å²) in [6.45, 7) is 7.88. The van der Waals surface area contributed by atoms with Crippen LogP contribution in [0.4, 0.5) is 5.13 Å². The van der Waals surface area contributed by atoms with Crippen molar-refractivity contribution in [1.29, 1.82) is 0 Å². The Bertz CT molecular complexity index is 1170. The lowest BCUT2D eigenvalue weighted by Gasteiger charge is -2.20. The van der Waals surface area contributed by atoms with Gasteiger partial charge in [-0.1, -0.05) is 44.2 Å². The Morgan fingerprint density at radius 2 is 2.00 bits per heavy atom. The van der Waals surface area contributed by atoms with Crippen molar-refractivity contribution in [3.8, 4) is 0 Å². The molecule has 2 aromatic carbocycles. The van der Waals surface area contributed by atoms with E-state index >= 15 is 0 Å². The molecule has 0 radical (unpaired) electrons. The SMILES string of the molecule is CCc1cccc2sc(N(CCCn3ccnc3)C(=O)c3ccc(SC(C)C)cc3)nc12. The number of para-hydroxylation sites is 1. The summed E-state index contributed by atoms with van der Waals surface area (Å²) < 4.78 is 3.16. The quantitative estimate of drug-likeness (QED) is 0.273. The van der Waals surface area contributed by atoms with Crippen LogP contribution in [0.5, 0.6) is 0 Å². The van der Waals surface area contributed by atoms with E-state index in [1.165, 1.54) is 10.5 Å². The second-order valence-electron chi connectivity index (χ2n) is 7.92. The number of anilines is 1. The molecule has 32 heavy (non-hydrogen) atoms. The van der Waals surface area contributed by atoms with Crippen molar-refractivity contribution in [1.82, 2.24) is 14.5 Å². The van der Waals surface area contributed by atoms with E-state index in [1.807, 2.05) is 46.3 Å². The fraction of sp³-hybridized carbons (Fsp3) is 0.320. The molecule has 7 heteroatoms. The summed E-state index contributed by atoms with van der Waals surface area (Å²) in [7, 11) is 0. The first-order valence-electron chi connectivity index (χ1n) is 11.0. The highest BCUT2D eigenvalue weighted by Gasteiger charge is 2.22. The van der Waals surface area contributed by atoms with Crippen LogP contribution in [0.25, 0.3) is 10.2 Å². The number of benzene rings is 2. The molecule has 4 aromatic rings. The highest BCUT2D eigenvalue weighted by molar-refractivity contribution is 7.99. The fourth-order valence-corrected chi connectivity index (χ4v) is 5.49. The summed E-state index contributed by atoms with van der Waals surface area (Å²) in [6.07, 6.45) is 7.27. The molecule has 0 unspecified atom stereocenters. The smallest absolute Gasteiger partial charge is 0.260 e. The number of carbonyl (C=O) groups is 1. The van der Waals surface area contributed by atoms with Gasteiger partial charge in [0.15, 0.2) is 5.13 Å². The molecule has 0 saturated carbocycles. The van der Waals surface area contributed by atoms with Crippen LogP contribution in [-0.2, 0) is 13.0 Å². The molecule has 0 fully saturated rings. The number of rotatable bonds is 9. The van der Waals surface area contributed by atoms with Gasteiger partial charge in [-0.25, -0.2) is 9.97 Å². The van der Waals surface area contributed by atoms with Crippen molar-refractivity contribution in [3.63, 3.8) is 0 Å². The summed E-state index contributed by atoms with van der Waals surface area (Å²) in [5.41, 5.74) is 2.91. The summed E-state index contributed by atoms with van der Waals surface area (Å²) in [5, 5.41) is 1.27. The van der Waals surface area contributed by atoms with Crippen LogP contribution >= 0.6 is 23.1 Å². The van der Waals surface area contributed by atoms with E-state index in [9.17, 15) is 4.79 Å². The van der Waals surface area contributed by atoms with Gasteiger partial charge in [0.1, 0.15) is 0 Å². The van der Waals surface area contributed by atoms with Crippen molar-refractivity contribution in [2.75, 3.05) is 11.4 Å². The number of aryl methyl sites for hydroxylation is 2. The van der Waals surface area contributed by atoms with Crippen LogP contribution < -0.4 is 4.90 Å². The van der Waals surface area contributed by atoms with E-state index in [0.717, 1.165) is 34.7 Å². The maximum Gasteiger partial charge on any atom is 0.260 e. The average Bonchev–Trinajstić information content (AvgIpc) is 3.46. The normalized spacial score (nSPS) is 11.4. The number of nitrogens with zero attached hydrogens (tertiary/aromatic N) is 4. The zero-order chi connectivity index (χ0) is 22.5. The molecule has 0 atom stereocenters. The van der Waals surface area contributed by atoms with E-state index < -0.39 is 0 Å². The number of aromatic nitrogens is 3. The number of hydrogen-bond acceptors (Lipinski definition) is 5. The van der Waals surface area contributed by atoms with Crippen molar-refractivity contribution in [2.24, 2.45) is 0 Å². The zero-order valence-corrected chi connectivity index (χ0v) is 20.3. The number of carbonyl (C=O) groups excluding carboxylic acids is 1. The Balaban J connectivity index is 1.61. The van der Waals surface area contributed by atoms with E-state index in [-0.39, 0.29) is 5.91 Å². The van der Waals surface area contributed by atoms with Gasteiger partial charge in [0.25, 0.3) is 5.91 Å². The minimum atomic E-state index is -0.00571. The molecule has 2 heterocycles. The van der Waals surface area contributed by atoms with Gasteiger partial charge in [-0.3, -0.25) is 9.69 Å². The lowest BCUT2D eigenvalue weighted by Crippen LogP contribution is -2.32. The number of thiazole rings is 1. The summed E-state index contributed by atoms with van der Waals surface area (Å²) >= 11 is 3.39. The molecule has 5 nitrogen and oxygen atoms in total. The van der Waals surface area contributed by atoms with Crippen LogP contribution in [0.3, 0.4) is 0 Å². The maximum absolute atomic E-state index is 13.6. The number of fused-ring (bicyclic) bond motifs is 1. The van der Waals surface area contributed by atoms with Gasteiger partial charge >= 0.3 is 0 Å². The van der Waals surface area contributed by atoms with Gasteiger partial charge in [0.2, 0.25) is 0 Å². The molecule has 4 rings (SSSR count). The summed E-state index contributed by atoms with van der Waals surface area (Å²) in [5.74, 6) is -0.00571. The molecule has 2 aromatic heterocycles. The van der Waals surface area contributed by atoms with Crippen LogP contribution in [0.15, 0.2) is 66.1 Å². The second kappa shape index (κ2) is 10.3. The molecular weight excluding hydrogens is 436 g/mol. The molecule has 0 bridgehead atoms. The fourth-order valence-electron chi connectivity index (χ4n) is 3.61. The van der Waals surface area contributed by atoms with E-state index in [1.54, 1.807) is 29.3 Å². The Labute approximate surface area is 197 Å². The molecule has 0 aliphatic heterocycles. The van der Waals surface area contributed by atoms with Gasteiger partial charge in [-0.05, 0) is 48.7 Å². The third-order valence-corrected chi connectivity index (χ3v) is 7.24. The van der Waals surface area contributed by atoms with Crippen LogP contribution in [-0.4, -0.2) is 32.2 Å². The number of imidazole rings is 1. The van der Waals surface area contributed by atoms with E-state index in [4.69, 9.17) is 4.98 Å². The average molecular weight is 465 g/mol. The Morgan fingerprint density at radius 3 is 2.69 bits per heavy atom. The lowest BCUT2D eigenvalue weighted by molar-refractivity contribution is 0.0986. The Kier molecular flexibility index (Phi) is 7.27. The summed E-state index contributed by atoms with van der Waals surface area (Å²) in [6, 6.07) is 14.2. The first-order valence-corrected chi connectivity index (χ1v) is 12.7. The van der Waals surface area contributed by atoms with Gasteiger partial charge in [-0.2, -0.15) is 0 Å². The molecule has 1 amide bonds. The third-order valence-electron chi connectivity index (χ3n) is 5.18. The lowest BCUT2D eigenvalue weighted by atomic mass is 10.1. The minimum Gasteiger partial charge on any atom is -0.337 e. The van der Waals surface area contributed by atoms with E-state index in [2.05, 4.69) is 44.0 Å². The molecule has 0 aliphatic rings. The van der Waals surface area contributed by atoms with Gasteiger partial charge in [0.05, 0.1) is 16.5 Å². The maximum atomic E-state index is 13.6. The molecule has 0 spiro atoms. The molecule has 0 saturated heterocycles. The largest absolute Gasteiger partial charge is 0.337 e. The highest BCUT2D eigenvalue weighted by Crippen LogP contribution is 2.32. The summed E-state index contributed by atoms with van der Waals surface area (Å²) in [4.78, 5) is 25.6. The number of hydrogen-bond donors (Lipinski definition) is 0. The minimum absolute atomic E-state index is 0.00571. The predicted octanol–water partition coefficient (Wildman–Crippen LogP) is 6.29. The second-order valence-corrected chi connectivity index (χ2v) is 10.6. The Hall–Kier alpha value is -2.64. The topological polar surface area (TPSA) is 51.0 Å². The zero-order valence-electron chi connectivity index (χ0n) is 18.7. The third kappa shape index (κ3) is 5.22. The van der Waals surface area contributed by atoms with Crippen molar-refractivity contribution < 1.29 is 4.79 Å². The van der Waals surface area contributed by atoms with Crippen molar-refractivity contribution in [2.45, 2.75) is 50.3 Å². The first-order chi connectivity index (χ1) is 15.5. The first kappa shape index (κ1) is 22.6. The van der Waals surface area contributed by atoms with E-state index in [0.29, 0.717) is 17.4 Å².